The fourth-order valence-electron chi connectivity index (χ4n) is 4.68. The van der Waals surface area contributed by atoms with E-state index in [1.807, 2.05) is 12.1 Å². The minimum Gasteiger partial charge on any atom is -0.383 e. The van der Waals surface area contributed by atoms with Crippen LogP contribution in [0.25, 0.3) is 10.2 Å². The first-order chi connectivity index (χ1) is 14.1. The van der Waals surface area contributed by atoms with Crippen LogP contribution < -0.4 is 11.5 Å². The van der Waals surface area contributed by atoms with Gasteiger partial charge in [0.15, 0.2) is 0 Å². The first-order valence-electron chi connectivity index (χ1n) is 10.3. The summed E-state index contributed by atoms with van der Waals surface area (Å²) in [6, 6.07) is 7.85. The Labute approximate surface area is 173 Å². The number of thiophene rings is 1. The van der Waals surface area contributed by atoms with Gasteiger partial charge in [-0.2, -0.15) is 0 Å². The molecule has 5 rings (SSSR count). The van der Waals surface area contributed by atoms with E-state index in [4.69, 9.17) is 16.5 Å². The van der Waals surface area contributed by atoms with E-state index in [-0.39, 0.29) is 11.9 Å². The maximum Gasteiger partial charge on any atom is 0.235 e. The Balaban J connectivity index is 1.49. The Kier molecular flexibility index (Phi) is 4.72. The van der Waals surface area contributed by atoms with Gasteiger partial charge in [-0.25, -0.2) is 9.97 Å². The summed E-state index contributed by atoms with van der Waals surface area (Å²) in [4.78, 5) is 26.1. The minimum absolute atomic E-state index is 0.309. The van der Waals surface area contributed by atoms with Gasteiger partial charge in [-0.15, -0.1) is 11.3 Å². The molecule has 7 heteroatoms. The summed E-state index contributed by atoms with van der Waals surface area (Å²) in [5, 5.41) is 1.05. The maximum absolute atomic E-state index is 12.1. The normalized spacial score (nSPS) is 19.5. The van der Waals surface area contributed by atoms with E-state index in [2.05, 4.69) is 22.0 Å². The summed E-state index contributed by atoms with van der Waals surface area (Å²) >= 11 is 1.76. The van der Waals surface area contributed by atoms with Crippen molar-refractivity contribution in [3.05, 3.63) is 51.7 Å². The molecule has 0 saturated heterocycles. The highest BCUT2D eigenvalue weighted by atomic mass is 32.1. The van der Waals surface area contributed by atoms with E-state index in [1.165, 1.54) is 40.8 Å². The average molecular weight is 408 g/mol. The number of hydrogen-bond donors (Lipinski definition) is 2. The molecular formula is C22H25N5OS. The molecule has 0 spiro atoms. The van der Waals surface area contributed by atoms with Crippen LogP contribution in [0.3, 0.4) is 0 Å². The molecule has 2 aromatic heterocycles. The highest BCUT2D eigenvalue weighted by Gasteiger charge is 2.31. The van der Waals surface area contributed by atoms with Gasteiger partial charge in [0.2, 0.25) is 5.91 Å². The van der Waals surface area contributed by atoms with Crippen LogP contribution in [0.1, 0.15) is 46.7 Å². The predicted octanol–water partition coefficient (Wildman–Crippen LogP) is 2.95. The largest absolute Gasteiger partial charge is 0.383 e. The first kappa shape index (κ1) is 18.5. The molecule has 2 aliphatic rings. The third-order valence-corrected chi connectivity index (χ3v) is 7.34. The molecule has 6 nitrogen and oxygen atoms in total. The number of fused-ring (bicyclic) bond motifs is 4. The molecular weight excluding hydrogens is 382 g/mol. The van der Waals surface area contributed by atoms with Gasteiger partial charge in [0.1, 0.15) is 16.5 Å². The number of nitrogen functional groups attached to an aromatic ring is 1. The van der Waals surface area contributed by atoms with E-state index >= 15 is 0 Å². The molecule has 150 valence electrons. The van der Waals surface area contributed by atoms with E-state index < -0.39 is 0 Å². The summed E-state index contributed by atoms with van der Waals surface area (Å²) in [6.45, 7) is 1.12. The molecule has 1 amide bonds. The van der Waals surface area contributed by atoms with E-state index in [0.717, 1.165) is 23.1 Å². The average Bonchev–Trinajstić information content (AvgIpc) is 2.89. The predicted molar refractivity (Wildman–Crippen MR) is 115 cm³/mol. The lowest BCUT2D eigenvalue weighted by molar-refractivity contribution is -0.124. The number of primary amides is 1. The van der Waals surface area contributed by atoms with Gasteiger partial charge in [-0.05, 0) is 48.8 Å². The number of hydrogen-bond acceptors (Lipinski definition) is 6. The van der Waals surface area contributed by atoms with Crippen molar-refractivity contribution in [1.29, 1.82) is 0 Å². The molecule has 1 aromatic carbocycles. The number of carbonyl (C=O) groups excluding carboxylic acids is 1. The number of rotatable bonds is 3. The van der Waals surface area contributed by atoms with Crippen molar-refractivity contribution in [2.75, 3.05) is 5.73 Å². The van der Waals surface area contributed by atoms with Crippen LogP contribution in [0.4, 0.5) is 5.82 Å². The Morgan fingerprint density at radius 3 is 2.76 bits per heavy atom. The fourth-order valence-corrected chi connectivity index (χ4v) is 5.97. The van der Waals surface area contributed by atoms with Gasteiger partial charge in [-0.3, -0.25) is 9.69 Å². The molecule has 1 aliphatic carbocycles. The van der Waals surface area contributed by atoms with Crippen molar-refractivity contribution in [2.24, 2.45) is 5.73 Å². The van der Waals surface area contributed by atoms with Gasteiger partial charge in [0, 0.05) is 11.4 Å². The molecule has 0 unspecified atom stereocenters. The zero-order chi connectivity index (χ0) is 20.0. The molecule has 0 fully saturated rings. The lowest BCUT2D eigenvalue weighted by Gasteiger charge is -2.34. The monoisotopic (exact) mass is 407 g/mol. The molecule has 1 atom stereocenters. The van der Waals surface area contributed by atoms with Crippen LogP contribution in [-0.4, -0.2) is 26.8 Å². The molecule has 4 N–H and O–H groups in total. The van der Waals surface area contributed by atoms with E-state index in [9.17, 15) is 4.79 Å². The standard InChI is InChI=1S/C22H25N5OS/c23-20-19-15-8-2-1-3-9-17(15)29-22(19)26-18(25-20)12-27-11-14-7-5-4-6-13(14)10-16(27)21(24)28/h4-7,16H,1-3,8-12H2,(H2,24,28)(H2,23,25,26)/t16-/m0/s1. The topological polar surface area (TPSA) is 98.1 Å². The van der Waals surface area contributed by atoms with Crippen molar-refractivity contribution in [1.82, 2.24) is 14.9 Å². The lowest BCUT2D eigenvalue weighted by atomic mass is 9.93. The molecule has 0 radical (unpaired) electrons. The Morgan fingerprint density at radius 1 is 1.14 bits per heavy atom. The summed E-state index contributed by atoms with van der Waals surface area (Å²) in [6.07, 6.45) is 6.50. The molecule has 3 aromatic rings. The number of amides is 1. The van der Waals surface area contributed by atoms with Crippen LogP contribution in [0.5, 0.6) is 0 Å². The molecule has 0 saturated carbocycles. The number of aromatic nitrogens is 2. The van der Waals surface area contributed by atoms with E-state index in [1.54, 1.807) is 11.3 Å². The number of nitrogens with two attached hydrogens (primary N) is 2. The minimum atomic E-state index is -0.356. The number of aryl methyl sites for hydroxylation is 2. The number of nitrogens with zero attached hydrogens (tertiary/aromatic N) is 3. The Hall–Kier alpha value is -2.51. The molecule has 1 aliphatic heterocycles. The summed E-state index contributed by atoms with van der Waals surface area (Å²) in [7, 11) is 0. The van der Waals surface area contributed by atoms with Gasteiger partial charge in [0.05, 0.1) is 18.0 Å². The summed E-state index contributed by atoms with van der Waals surface area (Å²) < 4.78 is 0. The highest BCUT2D eigenvalue weighted by Crippen LogP contribution is 2.37. The zero-order valence-corrected chi connectivity index (χ0v) is 17.2. The Morgan fingerprint density at radius 2 is 1.93 bits per heavy atom. The van der Waals surface area contributed by atoms with E-state index in [0.29, 0.717) is 31.2 Å². The van der Waals surface area contributed by atoms with Crippen molar-refractivity contribution < 1.29 is 4.79 Å². The third-order valence-electron chi connectivity index (χ3n) is 6.16. The van der Waals surface area contributed by atoms with Crippen molar-refractivity contribution in [2.45, 2.75) is 57.7 Å². The number of anilines is 1. The summed E-state index contributed by atoms with van der Waals surface area (Å²) in [5.74, 6) is 0.922. The summed E-state index contributed by atoms with van der Waals surface area (Å²) in [5.41, 5.74) is 15.9. The second-order valence-corrected chi connectivity index (χ2v) is 9.15. The SMILES string of the molecule is NC(=O)[C@@H]1Cc2ccccc2CN1Cc1nc(N)c2c3c(sc2n1)CCCCC3. The maximum atomic E-state index is 12.1. The third kappa shape index (κ3) is 3.38. The van der Waals surface area contributed by atoms with Gasteiger partial charge in [-0.1, -0.05) is 30.7 Å². The van der Waals surface area contributed by atoms with Crippen molar-refractivity contribution >= 4 is 33.3 Å². The molecule has 3 heterocycles. The Bertz CT molecular complexity index is 1090. The second kappa shape index (κ2) is 7.39. The lowest BCUT2D eigenvalue weighted by Crippen LogP contribution is -2.48. The smallest absolute Gasteiger partial charge is 0.235 e. The van der Waals surface area contributed by atoms with Crippen molar-refractivity contribution in [3.8, 4) is 0 Å². The van der Waals surface area contributed by atoms with Gasteiger partial charge in [0.25, 0.3) is 0 Å². The zero-order valence-electron chi connectivity index (χ0n) is 16.4. The van der Waals surface area contributed by atoms with Crippen molar-refractivity contribution in [3.63, 3.8) is 0 Å². The van der Waals surface area contributed by atoms with Crippen LogP contribution in [0.2, 0.25) is 0 Å². The van der Waals surface area contributed by atoms with Crippen LogP contribution in [0, 0.1) is 0 Å². The van der Waals surface area contributed by atoms with Crippen LogP contribution >= 0.6 is 11.3 Å². The van der Waals surface area contributed by atoms with Crippen LogP contribution in [0.15, 0.2) is 24.3 Å². The van der Waals surface area contributed by atoms with Gasteiger partial charge >= 0.3 is 0 Å². The fraction of sp³-hybridized carbons (Fsp3) is 0.409. The van der Waals surface area contributed by atoms with Gasteiger partial charge < -0.3 is 11.5 Å². The number of benzene rings is 1. The quantitative estimate of drug-likeness (QED) is 0.651. The number of carbonyl (C=O) groups is 1. The second-order valence-electron chi connectivity index (χ2n) is 8.07. The first-order valence-corrected chi connectivity index (χ1v) is 11.1. The molecule has 0 bridgehead atoms. The molecule has 29 heavy (non-hydrogen) atoms. The highest BCUT2D eigenvalue weighted by molar-refractivity contribution is 7.19. The van der Waals surface area contributed by atoms with Crippen LogP contribution in [-0.2, 0) is 37.1 Å².